The Hall–Kier alpha value is -0.740. The Morgan fingerprint density at radius 1 is 1.60 bits per heavy atom. The maximum absolute atomic E-state index is 5.59. The molecule has 1 atom stereocenters. The van der Waals surface area contributed by atoms with Crippen LogP contribution in [0.3, 0.4) is 0 Å². The van der Waals surface area contributed by atoms with E-state index in [1.165, 1.54) is 0 Å². The summed E-state index contributed by atoms with van der Waals surface area (Å²) in [5.74, 6) is 1.33. The standard InChI is InChI=1S/C11H16N2OS/c1-7(2)8-6-10(15)13-11(12-8)9-4-3-5-14-9/h6-7,9H,3-5H2,1-2H3,(H,12,13,15). The first-order chi connectivity index (χ1) is 7.16. The van der Waals surface area contributed by atoms with Gasteiger partial charge in [0.15, 0.2) is 0 Å². The van der Waals surface area contributed by atoms with Crippen LogP contribution >= 0.6 is 12.2 Å². The second kappa shape index (κ2) is 4.41. The molecule has 4 heteroatoms. The van der Waals surface area contributed by atoms with Gasteiger partial charge >= 0.3 is 0 Å². The summed E-state index contributed by atoms with van der Waals surface area (Å²) in [4.78, 5) is 7.66. The van der Waals surface area contributed by atoms with Crippen LogP contribution < -0.4 is 0 Å². The van der Waals surface area contributed by atoms with Crippen molar-refractivity contribution in [2.75, 3.05) is 6.61 Å². The van der Waals surface area contributed by atoms with E-state index in [0.29, 0.717) is 10.6 Å². The van der Waals surface area contributed by atoms with Crippen molar-refractivity contribution in [2.24, 2.45) is 0 Å². The third kappa shape index (κ3) is 2.44. The summed E-state index contributed by atoms with van der Waals surface area (Å²) in [7, 11) is 0. The molecule has 0 spiro atoms. The summed E-state index contributed by atoms with van der Waals surface area (Å²) in [6.45, 7) is 5.11. The van der Waals surface area contributed by atoms with Gasteiger partial charge in [0, 0.05) is 12.3 Å². The van der Waals surface area contributed by atoms with Crippen molar-refractivity contribution in [3.8, 4) is 0 Å². The van der Waals surface area contributed by atoms with Gasteiger partial charge in [-0.3, -0.25) is 0 Å². The van der Waals surface area contributed by atoms with Crippen LogP contribution in [0.4, 0.5) is 0 Å². The van der Waals surface area contributed by atoms with Gasteiger partial charge in [0.25, 0.3) is 0 Å². The topological polar surface area (TPSA) is 37.9 Å². The van der Waals surface area contributed by atoms with Crippen molar-refractivity contribution in [1.29, 1.82) is 0 Å². The predicted molar refractivity (Wildman–Crippen MR) is 61.4 cm³/mol. The van der Waals surface area contributed by atoms with Crippen molar-refractivity contribution in [3.63, 3.8) is 0 Å². The van der Waals surface area contributed by atoms with Gasteiger partial charge in [-0.1, -0.05) is 26.1 Å². The molecule has 1 aromatic heterocycles. The molecule has 1 N–H and O–H groups in total. The number of H-pyrrole nitrogens is 1. The molecule has 0 saturated carbocycles. The summed E-state index contributed by atoms with van der Waals surface area (Å²) >= 11 is 5.16. The zero-order valence-electron chi connectivity index (χ0n) is 9.12. The first kappa shape index (κ1) is 10.8. The third-order valence-electron chi connectivity index (χ3n) is 2.64. The number of hydrogen-bond acceptors (Lipinski definition) is 3. The summed E-state index contributed by atoms with van der Waals surface area (Å²) < 4.78 is 6.24. The minimum atomic E-state index is 0.116. The van der Waals surface area contributed by atoms with Gasteiger partial charge in [-0.05, 0) is 24.8 Å². The molecule has 0 bridgehead atoms. The van der Waals surface area contributed by atoms with Gasteiger partial charge in [0.05, 0.1) is 0 Å². The third-order valence-corrected chi connectivity index (χ3v) is 2.85. The highest BCUT2D eigenvalue weighted by atomic mass is 32.1. The van der Waals surface area contributed by atoms with Gasteiger partial charge in [-0.15, -0.1) is 0 Å². The Kier molecular flexibility index (Phi) is 3.17. The maximum Gasteiger partial charge on any atom is 0.137 e. The zero-order chi connectivity index (χ0) is 10.8. The molecule has 1 aromatic rings. The molecule has 15 heavy (non-hydrogen) atoms. The second-order valence-corrected chi connectivity index (χ2v) is 4.63. The van der Waals surface area contributed by atoms with Gasteiger partial charge in [-0.2, -0.15) is 0 Å². The van der Waals surface area contributed by atoms with E-state index in [0.717, 1.165) is 31.0 Å². The van der Waals surface area contributed by atoms with Gasteiger partial charge < -0.3 is 9.72 Å². The first-order valence-electron chi connectivity index (χ1n) is 5.39. The minimum Gasteiger partial charge on any atom is -0.370 e. The van der Waals surface area contributed by atoms with E-state index in [9.17, 15) is 0 Å². The van der Waals surface area contributed by atoms with Crippen LogP contribution in [-0.2, 0) is 4.74 Å². The average Bonchev–Trinajstić information content (AvgIpc) is 2.69. The van der Waals surface area contributed by atoms with E-state index in [1.807, 2.05) is 6.07 Å². The SMILES string of the molecule is CC(C)c1cc(=S)nc(C2CCCO2)[nH]1. The van der Waals surface area contributed by atoms with Crippen molar-refractivity contribution >= 4 is 12.2 Å². The number of aromatic nitrogens is 2. The Morgan fingerprint density at radius 3 is 3.00 bits per heavy atom. The number of aromatic amines is 1. The highest BCUT2D eigenvalue weighted by molar-refractivity contribution is 7.71. The summed E-state index contributed by atoms with van der Waals surface area (Å²) in [5.41, 5.74) is 1.14. The smallest absolute Gasteiger partial charge is 0.137 e. The van der Waals surface area contributed by atoms with E-state index < -0.39 is 0 Å². The summed E-state index contributed by atoms with van der Waals surface area (Å²) in [6.07, 6.45) is 2.27. The maximum atomic E-state index is 5.59. The van der Waals surface area contributed by atoms with E-state index in [-0.39, 0.29) is 6.10 Å². The van der Waals surface area contributed by atoms with Crippen LogP contribution in [0.15, 0.2) is 6.07 Å². The molecule has 2 heterocycles. The fourth-order valence-electron chi connectivity index (χ4n) is 1.75. The lowest BCUT2D eigenvalue weighted by Gasteiger charge is -2.12. The van der Waals surface area contributed by atoms with Crippen molar-refractivity contribution in [2.45, 2.75) is 38.7 Å². The number of nitrogens with zero attached hydrogens (tertiary/aromatic N) is 1. The lowest BCUT2D eigenvalue weighted by Crippen LogP contribution is -2.06. The largest absolute Gasteiger partial charge is 0.370 e. The molecular weight excluding hydrogens is 208 g/mol. The number of nitrogens with one attached hydrogen (secondary N) is 1. The number of rotatable bonds is 2. The lowest BCUT2D eigenvalue weighted by molar-refractivity contribution is 0.104. The molecule has 82 valence electrons. The van der Waals surface area contributed by atoms with E-state index >= 15 is 0 Å². The minimum absolute atomic E-state index is 0.116. The molecule has 1 aliphatic heterocycles. The van der Waals surface area contributed by atoms with Gasteiger partial charge in [0.2, 0.25) is 0 Å². The lowest BCUT2D eigenvalue weighted by atomic mass is 10.1. The molecule has 1 aliphatic rings. The molecule has 0 amide bonds. The summed E-state index contributed by atoms with van der Waals surface area (Å²) in [6, 6.07) is 1.93. The molecule has 0 aromatic carbocycles. The van der Waals surface area contributed by atoms with E-state index in [4.69, 9.17) is 17.0 Å². The average molecular weight is 224 g/mol. The molecule has 0 aliphatic carbocycles. The molecule has 1 fully saturated rings. The molecule has 1 unspecified atom stereocenters. The van der Waals surface area contributed by atoms with Crippen LogP contribution in [0.1, 0.15) is 50.2 Å². The Bertz CT molecular complexity index is 394. The van der Waals surface area contributed by atoms with Crippen molar-refractivity contribution < 1.29 is 4.74 Å². The van der Waals surface area contributed by atoms with Crippen LogP contribution in [0.25, 0.3) is 0 Å². The number of hydrogen-bond donors (Lipinski definition) is 1. The fraction of sp³-hybridized carbons (Fsp3) is 0.636. The second-order valence-electron chi connectivity index (χ2n) is 4.22. The summed E-state index contributed by atoms with van der Waals surface area (Å²) in [5, 5.41) is 0. The highest BCUT2D eigenvalue weighted by Gasteiger charge is 2.20. The number of ether oxygens (including phenoxy) is 1. The van der Waals surface area contributed by atoms with Gasteiger partial charge in [-0.25, -0.2) is 4.98 Å². The molecule has 0 radical (unpaired) electrons. The van der Waals surface area contributed by atoms with Crippen LogP contribution in [0.5, 0.6) is 0 Å². The predicted octanol–water partition coefficient (Wildman–Crippen LogP) is 3.11. The van der Waals surface area contributed by atoms with Gasteiger partial charge in [0.1, 0.15) is 16.6 Å². The normalized spacial score (nSPS) is 21.1. The molecule has 2 rings (SSSR count). The molecular formula is C11H16N2OS. The highest BCUT2D eigenvalue weighted by Crippen LogP contribution is 2.26. The zero-order valence-corrected chi connectivity index (χ0v) is 9.93. The Morgan fingerprint density at radius 2 is 2.40 bits per heavy atom. The van der Waals surface area contributed by atoms with Crippen LogP contribution in [0.2, 0.25) is 0 Å². The van der Waals surface area contributed by atoms with E-state index in [1.54, 1.807) is 0 Å². The molecule has 3 nitrogen and oxygen atoms in total. The van der Waals surface area contributed by atoms with Crippen molar-refractivity contribution in [3.05, 3.63) is 22.2 Å². The van der Waals surface area contributed by atoms with Crippen LogP contribution in [0, 0.1) is 4.64 Å². The Balaban J connectivity index is 2.34. The first-order valence-corrected chi connectivity index (χ1v) is 5.80. The quantitative estimate of drug-likeness (QED) is 0.784. The fourth-order valence-corrected chi connectivity index (χ4v) is 1.98. The monoisotopic (exact) mass is 224 g/mol. The molecule has 1 saturated heterocycles. The van der Waals surface area contributed by atoms with E-state index in [2.05, 4.69) is 23.8 Å². The van der Waals surface area contributed by atoms with Crippen LogP contribution in [-0.4, -0.2) is 16.6 Å². The van der Waals surface area contributed by atoms with Crippen molar-refractivity contribution in [1.82, 2.24) is 9.97 Å². The Labute approximate surface area is 94.9 Å².